The third-order valence-electron chi connectivity index (χ3n) is 2.87. The maximum Gasteiger partial charge on any atom is 0.178 e. The van der Waals surface area contributed by atoms with Gasteiger partial charge in [0.25, 0.3) is 0 Å². The van der Waals surface area contributed by atoms with Crippen molar-refractivity contribution in [2.24, 2.45) is 5.92 Å². The van der Waals surface area contributed by atoms with E-state index in [9.17, 15) is 0 Å². The number of hydrogen-bond donors (Lipinski definition) is 1. The van der Waals surface area contributed by atoms with Crippen molar-refractivity contribution in [2.45, 2.75) is 26.8 Å². The minimum Gasteiger partial charge on any atom is -0.331 e. The summed E-state index contributed by atoms with van der Waals surface area (Å²) in [5, 5.41) is 0. The van der Waals surface area contributed by atoms with Crippen molar-refractivity contribution >= 4 is 23.3 Å². The van der Waals surface area contributed by atoms with Crippen LogP contribution in [0.4, 0.5) is 0 Å². The number of benzene rings is 1. The molecular weight excluding hydrogens is 204 g/mol. The summed E-state index contributed by atoms with van der Waals surface area (Å²) in [6, 6.07) is 8.27. The van der Waals surface area contributed by atoms with E-state index in [2.05, 4.69) is 41.6 Å². The van der Waals surface area contributed by atoms with Crippen molar-refractivity contribution < 1.29 is 0 Å². The average molecular weight is 220 g/mol. The molecule has 1 aromatic heterocycles. The molecule has 1 N–H and O–H groups in total. The van der Waals surface area contributed by atoms with Gasteiger partial charge >= 0.3 is 0 Å². The van der Waals surface area contributed by atoms with E-state index >= 15 is 0 Å². The van der Waals surface area contributed by atoms with Crippen molar-refractivity contribution in [1.29, 1.82) is 0 Å². The van der Waals surface area contributed by atoms with Gasteiger partial charge in [-0.3, -0.25) is 0 Å². The lowest BCUT2D eigenvalue weighted by atomic mass is 10.1. The Labute approximate surface area is 94.9 Å². The molecular formula is C12H16N2S. The first-order valence-corrected chi connectivity index (χ1v) is 5.80. The summed E-state index contributed by atoms with van der Waals surface area (Å²) >= 11 is 5.33. The molecule has 0 bridgehead atoms. The number of aromatic nitrogens is 2. The largest absolute Gasteiger partial charge is 0.331 e. The lowest BCUT2D eigenvalue weighted by Gasteiger charge is -2.10. The van der Waals surface area contributed by atoms with E-state index in [1.54, 1.807) is 0 Å². The van der Waals surface area contributed by atoms with Gasteiger partial charge < -0.3 is 9.55 Å². The van der Waals surface area contributed by atoms with Crippen LogP contribution >= 0.6 is 12.2 Å². The molecule has 1 unspecified atom stereocenters. The van der Waals surface area contributed by atoms with Gasteiger partial charge in [-0.05, 0) is 30.3 Å². The molecule has 1 atom stereocenters. The number of nitrogens with zero attached hydrogens (tertiary/aromatic N) is 1. The van der Waals surface area contributed by atoms with E-state index in [0.29, 0.717) is 5.92 Å². The first kappa shape index (κ1) is 10.4. The van der Waals surface area contributed by atoms with E-state index in [1.807, 2.05) is 6.07 Å². The molecule has 0 spiro atoms. The number of H-pyrrole nitrogens is 1. The van der Waals surface area contributed by atoms with Crippen LogP contribution in [0.25, 0.3) is 11.0 Å². The van der Waals surface area contributed by atoms with Crippen LogP contribution in [0.3, 0.4) is 0 Å². The second-order valence-corrected chi connectivity index (χ2v) is 4.46. The molecule has 1 heterocycles. The van der Waals surface area contributed by atoms with E-state index in [1.165, 1.54) is 11.9 Å². The van der Waals surface area contributed by atoms with E-state index in [4.69, 9.17) is 12.2 Å². The molecule has 15 heavy (non-hydrogen) atoms. The summed E-state index contributed by atoms with van der Waals surface area (Å²) in [6.07, 6.45) is 1.18. The summed E-state index contributed by atoms with van der Waals surface area (Å²) < 4.78 is 3.02. The lowest BCUT2D eigenvalue weighted by Crippen LogP contribution is -2.06. The van der Waals surface area contributed by atoms with Gasteiger partial charge in [0, 0.05) is 6.54 Å². The third-order valence-corrected chi connectivity index (χ3v) is 3.20. The predicted molar refractivity (Wildman–Crippen MR) is 66.6 cm³/mol. The molecule has 0 radical (unpaired) electrons. The van der Waals surface area contributed by atoms with Crippen LogP contribution in [0.15, 0.2) is 24.3 Å². The minimum absolute atomic E-state index is 0.663. The molecule has 80 valence electrons. The molecule has 2 rings (SSSR count). The second-order valence-electron chi connectivity index (χ2n) is 4.07. The maximum absolute atomic E-state index is 5.33. The standard InChI is InChI=1S/C12H16N2S/c1-3-9(2)8-14-11-7-5-4-6-10(11)13-12(14)15/h4-7,9H,3,8H2,1-2H3,(H,13,15). The Kier molecular flexibility index (Phi) is 2.91. The molecule has 0 fully saturated rings. The van der Waals surface area contributed by atoms with Gasteiger partial charge in [-0.15, -0.1) is 0 Å². The zero-order chi connectivity index (χ0) is 10.8. The summed E-state index contributed by atoms with van der Waals surface area (Å²) in [7, 11) is 0. The van der Waals surface area contributed by atoms with Crippen molar-refractivity contribution in [3.63, 3.8) is 0 Å². The fraction of sp³-hybridized carbons (Fsp3) is 0.417. The topological polar surface area (TPSA) is 20.7 Å². The van der Waals surface area contributed by atoms with Gasteiger partial charge in [-0.1, -0.05) is 32.4 Å². The fourth-order valence-corrected chi connectivity index (χ4v) is 2.01. The SMILES string of the molecule is CCC(C)Cn1c(=S)[nH]c2ccccc21. The molecule has 0 saturated heterocycles. The number of hydrogen-bond acceptors (Lipinski definition) is 1. The van der Waals surface area contributed by atoms with Crippen LogP contribution in [-0.4, -0.2) is 9.55 Å². The number of nitrogens with one attached hydrogen (secondary N) is 1. The summed E-state index contributed by atoms with van der Waals surface area (Å²) in [6.45, 7) is 5.46. The molecule has 1 aromatic carbocycles. The van der Waals surface area contributed by atoms with Gasteiger partial charge in [0.1, 0.15) is 0 Å². The Morgan fingerprint density at radius 2 is 2.13 bits per heavy atom. The molecule has 0 amide bonds. The highest BCUT2D eigenvalue weighted by Gasteiger charge is 2.06. The fourth-order valence-electron chi connectivity index (χ4n) is 1.73. The van der Waals surface area contributed by atoms with E-state index < -0.39 is 0 Å². The molecule has 0 aliphatic carbocycles. The van der Waals surface area contributed by atoms with Gasteiger partial charge in [-0.2, -0.15) is 0 Å². The van der Waals surface area contributed by atoms with Crippen LogP contribution < -0.4 is 0 Å². The number of fused-ring (bicyclic) bond motifs is 1. The first-order chi connectivity index (χ1) is 7.22. The Hall–Kier alpha value is -1.09. The quantitative estimate of drug-likeness (QED) is 0.781. The number of imidazole rings is 1. The Balaban J connectivity index is 2.50. The van der Waals surface area contributed by atoms with Crippen LogP contribution in [0.5, 0.6) is 0 Å². The normalized spacial score (nSPS) is 13.2. The van der Waals surface area contributed by atoms with Crippen molar-refractivity contribution in [3.8, 4) is 0 Å². The van der Waals surface area contributed by atoms with Gasteiger partial charge in [0.2, 0.25) is 0 Å². The lowest BCUT2D eigenvalue weighted by molar-refractivity contribution is 0.473. The Bertz CT molecular complexity index is 510. The summed E-state index contributed by atoms with van der Waals surface area (Å²) in [5.41, 5.74) is 2.34. The monoisotopic (exact) mass is 220 g/mol. The zero-order valence-corrected chi connectivity index (χ0v) is 9.97. The number of aromatic amines is 1. The highest BCUT2D eigenvalue weighted by atomic mass is 32.1. The van der Waals surface area contributed by atoms with Crippen LogP contribution in [0.1, 0.15) is 20.3 Å². The summed E-state index contributed by atoms with van der Waals surface area (Å²) in [5.74, 6) is 0.663. The van der Waals surface area contributed by atoms with Gasteiger partial charge in [0.05, 0.1) is 11.0 Å². The third kappa shape index (κ3) is 1.97. The number of para-hydroxylation sites is 2. The van der Waals surface area contributed by atoms with Crippen LogP contribution in [-0.2, 0) is 6.54 Å². The predicted octanol–water partition coefficient (Wildman–Crippen LogP) is 3.74. The summed E-state index contributed by atoms with van der Waals surface area (Å²) in [4.78, 5) is 3.23. The second kappa shape index (κ2) is 4.19. The average Bonchev–Trinajstić information content (AvgIpc) is 2.55. The molecule has 0 aliphatic heterocycles. The highest BCUT2D eigenvalue weighted by Crippen LogP contribution is 2.16. The Morgan fingerprint density at radius 1 is 1.40 bits per heavy atom. The molecule has 3 heteroatoms. The zero-order valence-electron chi connectivity index (χ0n) is 9.16. The molecule has 0 saturated carbocycles. The Morgan fingerprint density at radius 3 is 2.87 bits per heavy atom. The van der Waals surface area contributed by atoms with E-state index in [0.717, 1.165) is 16.8 Å². The van der Waals surface area contributed by atoms with Gasteiger partial charge in [-0.25, -0.2) is 0 Å². The van der Waals surface area contributed by atoms with Crippen molar-refractivity contribution in [2.75, 3.05) is 0 Å². The van der Waals surface area contributed by atoms with E-state index in [-0.39, 0.29) is 0 Å². The van der Waals surface area contributed by atoms with Gasteiger partial charge in [0.15, 0.2) is 4.77 Å². The maximum atomic E-state index is 5.33. The first-order valence-electron chi connectivity index (χ1n) is 5.40. The molecule has 0 aliphatic rings. The van der Waals surface area contributed by atoms with Crippen LogP contribution in [0.2, 0.25) is 0 Å². The molecule has 2 aromatic rings. The molecule has 2 nitrogen and oxygen atoms in total. The van der Waals surface area contributed by atoms with Crippen LogP contribution in [0, 0.1) is 10.7 Å². The van der Waals surface area contributed by atoms with Crippen molar-refractivity contribution in [3.05, 3.63) is 29.0 Å². The van der Waals surface area contributed by atoms with Crippen molar-refractivity contribution in [1.82, 2.24) is 9.55 Å². The highest BCUT2D eigenvalue weighted by molar-refractivity contribution is 7.71. The minimum atomic E-state index is 0.663. The smallest absolute Gasteiger partial charge is 0.178 e. The number of rotatable bonds is 3.